The van der Waals surface area contributed by atoms with Crippen LogP contribution in [0.25, 0.3) is 0 Å². The number of hydrogen-bond acceptors (Lipinski definition) is 2. The highest BCUT2D eigenvalue weighted by molar-refractivity contribution is 5.85. The van der Waals surface area contributed by atoms with Crippen LogP contribution in [-0.2, 0) is 23.2 Å². The summed E-state index contributed by atoms with van der Waals surface area (Å²) >= 11 is 0. The molecule has 0 radical (unpaired) electrons. The predicted molar refractivity (Wildman–Crippen MR) is 100.0 cm³/mol. The first-order valence-corrected chi connectivity index (χ1v) is 9.67. The highest BCUT2D eigenvalue weighted by Gasteiger charge is 2.34. The lowest BCUT2D eigenvalue weighted by atomic mass is 10.1. The zero-order valence-electron chi connectivity index (χ0n) is 16.2. The van der Waals surface area contributed by atoms with Crippen molar-refractivity contribution >= 4 is 11.8 Å². The van der Waals surface area contributed by atoms with Gasteiger partial charge in [0.25, 0.3) is 0 Å². The van der Waals surface area contributed by atoms with Gasteiger partial charge in [0.15, 0.2) is 0 Å². The molecule has 5 nitrogen and oxygen atoms in total. The Labute approximate surface area is 152 Å². The number of rotatable bonds is 10. The van der Waals surface area contributed by atoms with Crippen molar-refractivity contribution in [3.05, 3.63) is 24.0 Å². The summed E-state index contributed by atoms with van der Waals surface area (Å²) in [4.78, 5) is 29.3. The topological polar surface area (TPSA) is 45.6 Å². The number of carbonyl (C=O) groups excluding carboxylic acids is 2. The second-order valence-electron chi connectivity index (χ2n) is 7.25. The van der Waals surface area contributed by atoms with Gasteiger partial charge in [-0.05, 0) is 44.7 Å². The maximum Gasteiger partial charge on any atom is 0.242 e. The summed E-state index contributed by atoms with van der Waals surface area (Å²) in [6, 6.07) is 4.50. The minimum Gasteiger partial charge on any atom is -0.353 e. The number of aryl methyl sites for hydroxylation is 1. The normalized spacial score (nSPS) is 15.0. The van der Waals surface area contributed by atoms with E-state index in [0.717, 1.165) is 37.8 Å². The number of aromatic nitrogens is 1. The smallest absolute Gasteiger partial charge is 0.242 e. The molecule has 2 amide bonds. The second kappa shape index (κ2) is 9.07. The summed E-state index contributed by atoms with van der Waals surface area (Å²) in [6.45, 7) is 7.03. The molecule has 0 spiro atoms. The van der Waals surface area contributed by atoms with E-state index in [4.69, 9.17) is 0 Å². The summed E-state index contributed by atoms with van der Waals surface area (Å²) in [6.07, 6.45) is 7.43. The van der Waals surface area contributed by atoms with E-state index in [9.17, 15) is 9.59 Å². The third-order valence-electron chi connectivity index (χ3n) is 5.18. The first kappa shape index (κ1) is 19.5. The van der Waals surface area contributed by atoms with E-state index in [1.807, 2.05) is 31.1 Å². The molecule has 1 saturated carbocycles. The van der Waals surface area contributed by atoms with Crippen molar-refractivity contribution in [1.82, 2.24) is 14.4 Å². The van der Waals surface area contributed by atoms with Crippen LogP contribution >= 0.6 is 0 Å². The Bertz CT molecular complexity index is 577. The molecule has 140 valence electrons. The van der Waals surface area contributed by atoms with E-state index < -0.39 is 0 Å². The van der Waals surface area contributed by atoms with Crippen LogP contribution in [0, 0.1) is 0 Å². The van der Waals surface area contributed by atoms with Gasteiger partial charge in [-0.15, -0.1) is 0 Å². The lowest BCUT2D eigenvalue weighted by molar-refractivity contribution is -0.143. The van der Waals surface area contributed by atoms with Gasteiger partial charge in [-0.25, -0.2) is 0 Å². The third-order valence-corrected chi connectivity index (χ3v) is 5.18. The van der Waals surface area contributed by atoms with Crippen LogP contribution in [0.15, 0.2) is 18.3 Å². The van der Waals surface area contributed by atoms with E-state index in [1.54, 1.807) is 4.90 Å². The van der Waals surface area contributed by atoms with Crippen molar-refractivity contribution in [3.63, 3.8) is 0 Å². The summed E-state index contributed by atoms with van der Waals surface area (Å²) in [5.74, 6) is 0.188. The van der Waals surface area contributed by atoms with Crippen LogP contribution in [0.5, 0.6) is 0 Å². The van der Waals surface area contributed by atoms with Crippen molar-refractivity contribution < 1.29 is 9.59 Å². The molecule has 1 atom stereocenters. The van der Waals surface area contributed by atoms with Gasteiger partial charge < -0.3 is 14.4 Å². The Morgan fingerprint density at radius 3 is 2.52 bits per heavy atom. The summed E-state index contributed by atoms with van der Waals surface area (Å²) in [7, 11) is 2.00. The highest BCUT2D eigenvalue weighted by Crippen LogP contribution is 2.29. The Hall–Kier alpha value is -1.78. The van der Waals surface area contributed by atoms with Gasteiger partial charge in [-0.1, -0.05) is 20.3 Å². The van der Waals surface area contributed by atoms with E-state index in [2.05, 4.69) is 24.5 Å². The fraction of sp³-hybridized carbons (Fsp3) is 0.700. The predicted octanol–water partition coefficient (Wildman–Crippen LogP) is 3.33. The molecule has 1 aromatic rings. The SMILES string of the molecule is CCCCC(=O)N(CC(=O)N(Cc1cccn1C)C1CC1)C(C)CC. The van der Waals surface area contributed by atoms with Crippen molar-refractivity contribution in [2.75, 3.05) is 6.54 Å². The van der Waals surface area contributed by atoms with Crippen molar-refractivity contribution in [2.45, 2.75) is 77.9 Å². The lowest BCUT2D eigenvalue weighted by Crippen LogP contribution is -2.47. The Morgan fingerprint density at radius 2 is 2.00 bits per heavy atom. The maximum atomic E-state index is 13.0. The molecular formula is C20H33N3O2. The minimum atomic E-state index is 0.0776. The largest absolute Gasteiger partial charge is 0.353 e. The zero-order valence-corrected chi connectivity index (χ0v) is 16.2. The number of hydrogen-bond donors (Lipinski definition) is 0. The molecule has 1 unspecified atom stereocenters. The third kappa shape index (κ3) is 5.35. The molecule has 0 aromatic carbocycles. The molecule has 25 heavy (non-hydrogen) atoms. The molecule has 1 aliphatic carbocycles. The molecule has 0 bridgehead atoms. The fourth-order valence-corrected chi connectivity index (χ4v) is 3.06. The van der Waals surface area contributed by atoms with Crippen molar-refractivity contribution in [1.29, 1.82) is 0 Å². The van der Waals surface area contributed by atoms with Gasteiger partial charge in [0, 0.05) is 37.4 Å². The van der Waals surface area contributed by atoms with Gasteiger partial charge >= 0.3 is 0 Å². The van der Waals surface area contributed by atoms with Crippen LogP contribution in [-0.4, -0.2) is 44.8 Å². The molecule has 2 rings (SSSR count). The summed E-state index contributed by atoms with van der Waals surface area (Å²) in [5.41, 5.74) is 1.13. The van der Waals surface area contributed by atoms with Crippen LogP contribution in [0.1, 0.15) is 65.0 Å². The molecule has 1 aliphatic rings. The van der Waals surface area contributed by atoms with Gasteiger partial charge in [-0.3, -0.25) is 9.59 Å². The van der Waals surface area contributed by atoms with Crippen LogP contribution in [0.3, 0.4) is 0 Å². The van der Waals surface area contributed by atoms with Crippen molar-refractivity contribution in [3.8, 4) is 0 Å². The van der Waals surface area contributed by atoms with Gasteiger partial charge in [0.05, 0.1) is 6.54 Å². The Balaban J connectivity index is 2.05. The van der Waals surface area contributed by atoms with E-state index >= 15 is 0 Å². The Morgan fingerprint density at radius 1 is 1.28 bits per heavy atom. The molecule has 1 fully saturated rings. The molecule has 1 aromatic heterocycles. The molecule has 0 N–H and O–H groups in total. The molecule has 0 saturated heterocycles. The number of nitrogens with zero attached hydrogens (tertiary/aromatic N) is 3. The highest BCUT2D eigenvalue weighted by atomic mass is 16.2. The van der Waals surface area contributed by atoms with Crippen molar-refractivity contribution in [2.24, 2.45) is 7.05 Å². The van der Waals surface area contributed by atoms with Crippen LogP contribution in [0.4, 0.5) is 0 Å². The average molecular weight is 348 g/mol. The molecular weight excluding hydrogens is 314 g/mol. The molecule has 0 aliphatic heterocycles. The first-order chi connectivity index (χ1) is 12.0. The van der Waals surface area contributed by atoms with E-state index in [0.29, 0.717) is 19.0 Å². The van der Waals surface area contributed by atoms with Crippen LogP contribution < -0.4 is 0 Å². The standard InChI is InChI=1S/C20H33N3O2/c1-5-7-10-19(24)22(16(3)6-2)15-20(25)23(17-11-12-17)14-18-9-8-13-21(18)4/h8-9,13,16-17H,5-7,10-12,14-15H2,1-4H3. The minimum absolute atomic E-state index is 0.0776. The second-order valence-corrected chi connectivity index (χ2v) is 7.25. The quantitative estimate of drug-likeness (QED) is 0.652. The Kier molecular flexibility index (Phi) is 7.09. The summed E-state index contributed by atoms with van der Waals surface area (Å²) < 4.78 is 2.06. The van der Waals surface area contributed by atoms with Gasteiger partial charge in [0.2, 0.25) is 11.8 Å². The van der Waals surface area contributed by atoms with Gasteiger partial charge in [0.1, 0.15) is 6.54 Å². The average Bonchev–Trinajstić information content (AvgIpc) is 3.37. The van der Waals surface area contributed by atoms with Gasteiger partial charge in [-0.2, -0.15) is 0 Å². The van der Waals surface area contributed by atoms with Crippen LogP contribution in [0.2, 0.25) is 0 Å². The summed E-state index contributed by atoms with van der Waals surface area (Å²) in [5, 5.41) is 0. The number of amides is 2. The maximum absolute atomic E-state index is 13.0. The number of carbonyl (C=O) groups is 2. The monoisotopic (exact) mass is 347 g/mol. The fourth-order valence-electron chi connectivity index (χ4n) is 3.06. The molecule has 5 heteroatoms. The van der Waals surface area contributed by atoms with E-state index in [1.165, 1.54) is 0 Å². The lowest BCUT2D eigenvalue weighted by Gasteiger charge is -2.31. The first-order valence-electron chi connectivity index (χ1n) is 9.67. The molecule has 1 heterocycles. The zero-order chi connectivity index (χ0) is 18.4. The number of unbranched alkanes of at least 4 members (excludes halogenated alkanes) is 1. The van der Waals surface area contributed by atoms with E-state index in [-0.39, 0.29) is 24.4 Å².